The molecule has 5 rings (SSSR count). The van der Waals surface area contributed by atoms with Gasteiger partial charge in [-0.3, -0.25) is 9.69 Å². The molecule has 7 nitrogen and oxygen atoms in total. The molecule has 1 amide bonds. The Morgan fingerprint density at radius 3 is 2.54 bits per heavy atom. The third-order valence-corrected chi connectivity index (χ3v) is 9.19. The Bertz CT molecular complexity index is 1130. The number of anilines is 1. The molecule has 1 atom stereocenters. The summed E-state index contributed by atoms with van der Waals surface area (Å²) in [7, 11) is -3.48. The van der Waals surface area contributed by atoms with E-state index < -0.39 is 10.0 Å². The second kappa shape index (κ2) is 10.8. The van der Waals surface area contributed by atoms with Gasteiger partial charge in [0.15, 0.2) is 0 Å². The van der Waals surface area contributed by atoms with E-state index in [1.54, 1.807) is 16.4 Å². The first kappa shape index (κ1) is 24.4. The zero-order valence-corrected chi connectivity index (χ0v) is 21.1. The van der Waals surface area contributed by atoms with Gasteiger partial charge in [-0.05, 0) is 61.4 Å². The fraction of sp³-hybridized carbons (Fsp3) is 0.519. The Labute approximate surface area is 208 Å². The lowest BCUT2D eigenvalue weighted by atomic mass is 10.1. The van der Waals surface area contributed by atoms with Crippen LogP contribution in [0.15, 0.2) is 53.4 Å². The van der Waals surface area contributed by atoms with Crippen molar-refractivity contribution in [3.05, 3.63) is 59.7 Å². The molecule has 35 heavy (non-hydrogen) atoms. The number of hydrogen-bond donors (Lipinski definition) is 0. The first-order chi connectivity index (χ1) is 17.0. The number of carbonyl (C=O) groups is 1. The van der Waals surface area contributed by atoms with Gasteiger partial charge < -0.3 is 9.64 Å². The number of ether oxygens (including phenoxy) is 1. The number of amides is 1. The van der Waals surface area contributed by atoms with Gasteiger partial charge in [0.25, 0.3) is 0 Å². The Morgan fingerprint density at radius 1 is 1.00 bits per heavy atom. The molecule has 188 valence electrons. The summed E-state index contributed by atoms with van der Waals surface area (Å²) in [6.07, 6.45) is 5.85. The SMILES string of the molecule is O=C(CN(Cc1ccccc1)CC1CCCO1)N1CCc2cc(S(=O)(=O)N3CCCCC3)ccc21. The van der Waals surface area contributed by atoms with Gasteiger partial charge in [0, 0.05) is 45.0 Å². The van der Waals surface area contributed by atoms with Crippen LogP contribution in [0.2, 0.25) is 0 Å². The summed E-state index contributed by atoms with van der Waals surface area (Å²) in [5, 5.41) is 0. The number of benzene rings is 2. The lowest BCUT2D eigenvalue weighted by Gasteiger charge is -2.28. The quantitative estimate of drug-likeness (QED) is 0.559. The molecule has 0 radical (unpaired) electrons. The van der Waals surface area contributed by atoms with Crippen LogP contribution in [0, 0.1) is 0 Å². The van der Waals surface area contributed by atoms with E-state index in [1.807, 2.05) is 29.2 Å². The zero-order valence-electron chi connectivity index (χ0n) is 20.3. The van der Waals surface area contributed by atoms with Crippen molar-refractivity contribution in [3.8, 4) is 0 Å². The summed E-state index contributed by atoms with van der Waals surface area (Å²) in [4.78, 5) is 17.8. The van der Waals surface area contributed by atoms with Crippen LogP contribution in [0.25, 0.3) is 0 Å². The van der Waals surface area contributed by atoms with Gasteiger partial charge in [0.05, 0.1) is 17.5 Å². The molecular formula is C27H35N3O4S. The predicted octanol–water partition coefficient (Wildman–Crippen LogP) is 3.43. The van der Waals surface area contributed by atoms with Crippen LogP contribution >= 0.6 is 0 Å². The number of piperidine rings is 1. The summed E-state index contributed by atoms with van der Waals surface area (Å²) in [5.41, 5.74) is 2.95. The van der Waals surface area contributed by atoms with Crippen LogP contribution in [0.5, 0.6) is 0 Å². The maximum atomic E-state index is 13.4. The van der Waals surface area contributed by atoms with Crippen molar-refractivity contribution >= 4 is 21.6 Å². The molecule has 3 aliphatic rings. The number of hydrogen-bond acceptors (Lipinski definition) is 5. The highest BCUT2D eigenvalue weighted by atomic mass is 32.2. The van der Waals surface area contributed by atoms with Gasteiger partial charge >= 0.3 is 0 Å². The molecular weight excluding hydrogens is 462 g/mol. The van der Waals surface area contributed by atoms with E-state index in [0.717, 1.165) is 56.5 Å². The van der Waals surface area contributed by atoms with Crippen molar-refractivity contribution in [1.82, 2.24) is 9.21 Å². The zero-order chi connectivity index (χ0) is 24.3. The predicted molar refractivity (Wildman–Crippen MR) is 136 cm³/mol. The van der Waals surface area contributed by atoms with Gasteiger partial charge in [0.2, 0.25) is 15.9 Å². The van der Waals surface area contributed by atoms with Gasteiger partial charge in [-0.25, -0.2) is 8.42 Å². The van der Waals surface area contributed by atoms with Gasteiger partial charge in [0.1, 0.15) is 0 Å². The number of nitrogens with zero attached hydrogens (tertiary/aromatic N) is 3. The number of sulfonamides is 1. The molecule has 2 fully saturated rings. The van der Waals surface area contributed by atoms with E-state index in [1.165, 1.54) is 5.56 Å². The first-order valence-electron chi connectivity index (χ1n) is 12.8. The van der Waals surface area contributed by atoms with Crippen LogP contribution in [0.3, 0.4) is 0 Å². The van der Waals surface area contributed by atoms with E-state index in [2.05, 4.69) is 17.0 Å². The molecule has 3 aliphatic heterocycles. The van der Waals surface area contributed by atoms with Crippen molar-refractivity contribution in [2.45, 2.75) is 56.1 Å². The molecule has 0 aromatic heterocycles. The largest absolute Gasteiger partial charge is 0.377 e. The van der Waals surface area contributed by atoms with Crippen molar-refractivity contribution < 1.29 is 17.9 Å². The second-order valence-electron chi connectivity index (χ2n) is 9.84. The molecule has 2 aromatic rings. The average molecular weight is 498 g/mol. The van der Waals surface area contributed by atoms with Crippen LogP contribution in [0.1, 0.15) is 43.2 Å². The Kier molecular flexibility index (Phi) is 7.53. The van der Waals surface area contributed by atoms with Crippen molar-refractivity contribution in [2.24, 2.45) is 0 Å². The Morgan fingerprint density at radius 2 is 1.80 bits per heavy atom. The number of rotatable bonds is 8. The molecule has 3 heterocycles. The van der Waals surface area contributed by atoms with E-state index in [4.69, 9.17) is 4.74 Å². The summed E-state index contributed by atoms with van der Waals surface area (Å²) >= 11 is 0. The van der Waals surface area contributed by atoms with Crippen molar-refractivity contribution in [2.75, 3.05) is 44.2 Å². The lowest BCUT2D eigenvalue weighted by Crippen LogP contribution is -2.42. The molecule has 1 unspecified atom stereocenters. The fourth-order valence-electron chi connectivity index (χ4n) is 5.43. The molecule has 0 spiro atoms. The molecule has 0 N–H and O–H groups in total. The molecule has 2 aromatic carbocycles. The monoisotopic (exact) mass is 497 g/mol. The topological polar surface area (TPSA) is 70.2 Å². The smallest absolute Gasteiger partial charge is 0.243 e. The van der Waals surface area contributed by atoms with Crippen LogP contribution < -0.4 is 4.90 Å². The van der Waals surface area contributed by atoms with Crippen LogP contribution in [-0.4, -0.2) is 69.0 Å². The van der Waals surface area contributed by atoms with E-state index in [9.17, 15) is 13.2 Å². The normalized spacial score (nSPS) is 20.9. The van der Waals surface area contributed by atoms with Crippen LogP contribution in [-0.2, 0) is 32.5 Å². The fourth-order valence-corrected chi connectivity index (χ4v) is 7.00. The van der Waals surface area contributed by atoms with Gasteiger partial charge in [-0.15, -0.1) is 0 Å². The third-order valence-electron chi connectivity index (χ3n) is 7.29. The van der Waals surface area contributed by atoms with Crippen molar-refractivity contribution in [3.63, 3.8) is 0 Å². The van der Waals surface area contributed by atoms with E-state index in [0.29, 0.717) is 44.0 Å². The van der Waals surface area contributed by atoms with E-state index in [-0.39, 0.29) is 12.0 Å². The minimum absolute atomic E-state index is 0.0457. The Balaban J connectivity index is 1.29. The summed E-state index contributed by atoms with van der Waals surface area (Å²) in [6, 6.07) is 15.5. The maximum absolute atomic E-state index is 13.4. The first-order valence-corrected chi connectivity index (χ1v) is 14.3. The highest BCUT2D eigenvalue weighted by molar-refractivity contribution is 7.89. The highest BCUT2D eigenvalue weighted by Gasteiger charge is 2.31. The highest BCUT2D eigenvalue weighted by Crippen LogP contribution is 2.32. The maximum Gasteiger partial charge on any atom is 0.243 e. The lowest BCUT2D eigenvalue weighted by molar-refractivity contribution is -0.120. The standard InChI is InChI=1S/C27H35N3O4S/c31-27(21-28(20-24-10-7-17-34-24)19-22-8-3-1-4-9-22)30-16-13-23-18-25(11-12-26(23)30)35(32,33)29-14-5-2-6-15-29/h1,3-4,8-9,11-12,18,24H,2,5-7,10,13-17,19-21H2. The molecule has 8 heteroatoms. The van der Waals surface area contributed by atoms with Gasteiger partial charge in [-0.1, -0.05) is 36.8 Å². The van der Waals surface area contributed by atoms with Gasteiger partial charge in [-0.2, -0.15) is 4.31 Å². The molecule has 0 saturated carbocycles. The summed E-state index contributed by atoms with van der Waals surface area (Å²) < 4.78 is 33.7. The Hall–Kier alpha value is -2.26. The van der Waals surface area contributed by atoms with Crippen molar-refractivity contribution in [1.29, 1.82) is 0 Å². The number of fused-ring (bicyclic) bond motifs is 1. The van der Waals surface area contributed by atoms with E-state index >= 15 is 0 Å². The molecule has 0 aliphatic carbocycles. The average Bonchev–Trinajstić information content (AvgIpc) is 3.54. The van der Waals surface area contributed by atoms with Crippen LogP contribution in [0.4, 0.5) is 5.69 Å². The third kappa shape index (κ3) is 5.61. The molecule has 2 saturated heterocycles. The summed E-state index contributed by atoms with van der Waals surface area (Å²) in [6.45, 7) is 4.29. The molecule has 0 bridgehead atoms. The number of carbonyl (C=O) groups excluding carboxylic acids is 1. The second-order valence-corrected chi connectivity index (χ2v) is 11.8. The minimum Gasteiger partial charge on any atom is -0.377 e. The summed E-state index contributed by atoms with van der Waals surface area (Å²) in [5.74, 6) is 0.0457. The minimum atomic E-state index is -3.48.